The first-order valence-corrected chi connectivity index (χ1v) is 4.11. The Morgan fingerprint density at radius 1 is 1.73 bits per heavy atom. The van der Waals surface area contributed by atoms with Crippen LogP contribution in [0.25, 0.3) is 0 Å². The second kappa shape index (κ2) is 3.22. The number of carbonyl (C=O) groups excluding carboxylic acids is 1. The molecule has 0 radical (unpaired) electrons. The summed E-state index contributed by atoms with van der Waals surface area (Å²) in [6.07, 6.45) is 1.79. The number of hydrogen-bond donors (Lipinski definition) is 1. The number of ether oxygens (including phenoxy) is 1. The highest BCUT2D eigenvalue weighted by Crippen LogP contribution is 2.19. The Morgan fingerprint density at radius 2 is 2.36 bits per heavy atom. The van der Waals surface area contributed by atoms with Crippen molar-refractivity contribution in [2.75, 3.05) is 13.2 Å². The van der Waals surface area contributed by atoms with E-state index in [0.29, 0.717) is 6.61 Å². The summed E-state index contributed by atoms with van der Waals surface area (Å²) in [4.78, 5) is 11.2. The third kappa shape index (κ3) is 1.71. The van der Waals surface area contributed by atoms with E-state index >= 15 is 0 Å². The molecule has 1 heterocycles. The Hall–Kier alpha value is -0.570. The average Bonchev–Trinajstić information content (AvgIpc) is 1.95. The van der Waals surface area contributed by atoms with Crippen molar-refractivity contribution in [2.45, 2.75) is 32.2 Å². The lowest BCUT2D eigenvalue weighted by Crippen LogP contribution is -2.60. The molecule has 3 heteroatoms. The van der Waals surface area contributed by atoms with Crippen molar-refractivity contribution in [1.29, 1.82) is 0 Å². The van der Waals surface area contributed by atoms with Gasteiger partial charge in [0.1, 0.15) is 5.54 Å². The van der Waals surface area contributed by atoms with Crippen molar-refractivity contribution in [3.05, 3.63) is 0 Å². The van der Waals surface area contributed by atoms with Crippen LogP contribution in [-0.4, -0.2) is 24.7 Å². The predicted molar refractivity (Wildman–Crippen MR) is 42.3 cm³/mol. The highest BCUT2D eigenvalue weighted by Gasteiger charge is 2.40. The lowest BCUT2D eigenvalue weighted by atomic mass is 9.91. The normalized spacial score (nSPS) is 29.3. The highest BCUT2D eigenvalue weighted by molar-refractivity contribution is 5.81. The molecule has 64 valence electrons. The third-order valence-corrected chi connectivity index (χ3v) is 2.03. The number of carbonyl (C=O) groups is 1. The van der Waals surface area contributed by atoms with Crippen LogP contribution in [-0.2, 0) is 9.53 Å². The quantitative estimate of drug-likeness (QED) is 0.612. The van der Waals surface area contributed by atoms with Crippen molar-refractivity contribution in [2.24, 2.45) is 0 Å². The first-order chi connectivity index (χ1) is 5.19. The minimum atomic E-state index is -0.380. The minimum Gasteiger partial charge on any atom is -0.464 e. The maximum Gasteiger partial charge on any atom is 0.326 e. The largest absolute Gasteiger partial charge is 0.464 e. The van der Waals surface area contributed by atoms with Crippen LogP contribution in [0, 0.1) is 0 Å². The Balaban J connectivity index is 2.28. The molecule has 3 nitrogen and oxygen atoms in total. The first-order valence-electron chi connectivity index (χ1n) is 4.11. The van der Waals surface area contributed by atoms with Gasteiger partial charge in [-0.3, -0.25) is 4.79 Å². The van der Waals surface area contributed by atoms with Crippen molar-refractivity contribution >= 4 is 5.97 Å². The zero-order chi connectivity index (χ0) is 8.32. The molecule has 1 aliphatic rings. The van der Waals surface area contributed by atoms with Gasteiger partial charge in [-0.15, -0.1) is 0 Å². The summed E-state index contributed by atoms with van der Waals surface area (Å²) in [5.41, 5.74) is -0.380. The lowest BCUT2D eigenvalue weighted by molar-refractivity contribution is -0.154. The summed E-state index contributed by atoms with van der Waals surface area (Å²) in [5.74, 6) is -0.106. The summed E-state index contributed by atoms with van der Waals surface area (Å²) in [7, 11) is 0. The van der Waals surface area contributed by atoms with Gasteiger partial charge in [0.05, 0.1) is 6.61 Å². The fraction of sp³-hybridized carbons (Fsp3) is 0.875. The molecule has 1 fully saturated rings. The zero-order valence-corrected chi connectivity index (χ0v) is 7.14. The molecular formula is C8H15NO2. The van der Waals surface area contributed by atoms with Crippen molar-refractivity contribution in [3.8, 4) is 0 Å². The molecule has 1 saturated heterocycles. The second-order valence-corrected chi connectivity index (χ2v) is 3.14. The molecule has 11 heavy (non-hydrogen) atoms. The maximum absolute atomic E-state index is 11.2. The van der Waals surface area contributed by atoms with Gasteiger partial charge >= 0.3 is 5.97 Å². The third-order valence-electron chi connectivity index (χ3n) is 2.03. The number of hydrogen-bond acceptors (Lipinski definition) is 3. The standard InChI is InChI=1S/C8H15NO2/c1-3-6-11-7(10)8(2)4-5-9-8/h9H,3-6H2,1-2H3. The Bertz CT molecular complexity index is 152. The maximum atomic E-state index is 11.2. The minimum absolute atomic E-state index is 0.106. The van der Waals surface area contributed by atoms with Crippen molar-refractivity contribution in [3.63, 3.8) is 0 Å². The van der Waals surface area contributed by atoms with Gasteiger partial charge in [0.15, 0.2) is 0 Å². The van der Waals surface area contributed by atoms with E-state index in [1.807, 2.05) is 13.8 Å². The molecule has 1 aliphatic heterocycles. The van der Waals surface area contributed by atoms with E-state index in [2.05, 4.69) is 5.32 Å². The molecular weight excluding hydrogens is 142 g/mol. The molecule has 0 saturated carbocycles. The molecule has 0 aromatic heterocycles. The van der Waals surface area contributed by atoms with E-state index < -0.39 is 0 Å². The van der Waals surface area contributed by atoms with Gasteiger partial charge in [-0.25, -0.2) is 0 Å². The molecule has 1 atom stereocenters. The summed E-state index contributed by atoms with van der Waals surface area (Å²) in [6.45, 7) is 5.34. The molecule has 0 aliphatic carbocycles. The Kier molecular flexibility index (Phi) is 2.49. The monoisotopic (exact) mass is 157 g/mol. The fourth-order valence-electron chi connectivity index (χ4n) is 1.03. The first kappa shape index (κ1) is 8.53. The Morgan fingerprint density at radius 3 is 2.73 bits per heavy atom. The molecule has 1 N–H and O–H groups in total. The van der Waals surface area contributed by atoms with Gasteiger partial charge in [0, 0.05) is 0 Å². The lowest BCUT2D eigenvalue weighted by Gasteiger charge is -2.37. The van der Waals surface area contributed by atoms with E-state index in [1.54, 1.807) is 0 Å². The number of esters is 1. The molecule has 0 amide bonds. The van der Waals surface area contributed by atoms with Gasteiger partial charge in [0.2, 0.25) is 0 Å². The highest BCUT2D eigenvalue weighted by atomic mass is 16.5. The van der Waals surface area contributed by atoms with E-state index in [1.165, 1.54) is 0 Å². The SMILES string of the molecule is CCCOC(=O)C1(C)CCN1. The molecule has 0 aromatic carbocycles. The summed E-state index contributed by atoms with van der Waals surface area (Å²) < 4.78 is 5.00. The summed E-state index contributed by atoms with van der Waals surface area (Å²) >= 11 is 0. The molecule has 1 rings (SSSR count). The van der Waals surface area contributed by atoms with E-state index in [-0.39, 0.29) is 11.5 Å². The van der Waals surface area contributed by atoms with Crippen molar-refractivity contribution < 1.29 is 9.53 Å². The molecule has 0 bridgehead atoms. The van der Waals surface area contributed by atoms with Crippen LogP contribution in [0.15, 0.2) is 0 Å². The Labute approximate surface area is 67.1 Å². The van der Waals surface area contributed by atoms with Crippen LogP contribution in [0.4, 0.5) is 0 Å². The summed E-state index contributed by atoms with van der Waals surface area (Å²) in [5, 5.41) is 3.06. The van der Waals surface area contributed by atoms with E-state index in [0.717, 1.165) is 19.4 Å². The summed E-state index contributed by atoms with van der Waals surface area (Å²) in [6, 6.07) is 0. The molecule has 0 spiro atoms. The topological polar surface area (TPSA) is 38.3 Å². The van der Waals surface area contributed by atoms with Crippen LogP contribution in [0.5, 0.6) is 0 Å². The average molecular weight is 157 g/mol. The predicted octanol–water partition coefficient (Wildman–Crippen LogP) is 0.692. The zero-order valence-electron chi connectivity index (χ0n) is 7.14. The van der Waals surface area contributed by atoms with Crippen molar-refractivity contribution in [1.82, 2.24) is 5.32 Å². The van der Waals surface area contributed by atoms with Crippen LogP contribution >= 0.6 is 0 Å². The van der Waals surface area contributed by atoms with Crippen LogP contribution in [0.2, 0.25) is 0 Å². The smallest absolute Gasteiger partial charge is 0.326 e. The molecule has 0 aromatic rings. The van der Waals surface area contributed by atoms with Gasteiger partial charge in [0.25, 0.3) is 0 Å². The second-order valence-electron chi connectivity index (χ2n) is 3.14. The van der Waals surface area contributed by atoms with Gasteiger partial charge < -0.3 is 10.1 Å². The fourth-order valence-corrected chi connectivity index (χ4v) is 1.03. The van der Waals surface area contributed by atoms with E-state index in [4.69, 9.17) is 4.74 Å². The number of nitrogens with one attached hydrogen (secondary N) is 1. The van der Waals surface area contributed by atoms with Crippen LogP contribution in [0.1, 0.15) is 26.7 Å². The molecule has 1 unspecified atom stereocenters. The van der Waals surface area contributed by atoms with Crippen LogP contribution < -0.4 is 5.32 Å². The van der Waals surface area contributed by atoms with Crippen LogP contribution in [0.3, 0.4) is 0 Å². The van der Waals surface area contributed by atoms with Gasteiger partial charge in [-0.05, 0) is 26.3 Å². The van der Waals surface area contributed by atoms with Gasteiger partial charge in [-0.2, -0.15) is 0 Å². The number of rotatable bonds is 3. The van der Waals surface area contributed by atoms with E-state index in [9.17, 15) is 4.79 Å². The van der Waals surface area contributed by atoms with Gasteiger partial charge in [-0.1, -0.05) is 6.92 Å².